The van der Waals surface area contributed by atoms with E-state index in [2.05, 4.69) is 4.99 Å². The molecule has 0 radical (unpaired) electrons. The van der Waals surface area contributed by atoms with Crippen molar-refractivity contribution in [2.24, 2.45) is 4.99 Å². The first-order chi connectivity index (χ1) is 17.4. The molecule has 1 aromatic heterocycles. The normalized spacial score (nSPS) is 15.4. The van der Waals surface area contributed by atoms with Gasteiger partial charge in [-0.1, -0.05) is 41.1 Å². The molecule has 7 nitrogen and oxygen atoms in total. The van der Waals surface area contributed by atoms with Crippen LogP contribution in [0, 0.1) is 0 Å². The fourth-order valence-electron chi connectivity index (χ4n) is 4.09. The molecule has 1 atom stereocenters. The molecule has 1 aliphatic rings. The summed E-state index contributed by atoms with van der Waals surface area (Å²) in [6, 6.07) is 12.0. The van der Waals surface area contributed by atoms with Crippen LogP contribution in [0.3, 0.4) is 0 Å². The molecule has 3 aromatic rings. The van der Waals surface area contributed by atoms with Crippen LogP contribution in [0.4, 0.5) is 0 Å². The zero-order valence-electron chi connectivity index (χ0n) is 20.5. The Hall–Kier alpha value is -3.36. The Labute approximate surface area is 217 Å². The Balaban J connectivity index is 1.95. The van der Waals surface area contributed by atoms with Crippen LogP contribution in [0.1, 0.15) is 44.9 Å². The van der Waals surface area contributed by atoms with Crippen molar-refractivity contribution in [2.75, 3.05) is 19.8 Å². The summed E-state index contributed by atoms with van der Waals surface area (Å²) in [7, 11) is 0. The van der Waals surface area contributed by atoms with Crippen LogP contribution in [0.15, 0.2) is 63.5 Å². The van der Waals surface area contributed by atoms with Gasteiger partial charge in [0.2, 0.25) is 0 Å². The van der Waals surface area contributed by atoms with Crippen LogP contribution >= 0.6 is 22.9 Å². The number of halogens is 1. The van der Waals surface area contributed by atoms with Gasteiger partial charge in [-0.3, -0.25) is 9.36 Å². The van der Waals surface area contributed by atoms with Gasteiger partial charge in [-0.25, -0.2) is 9.79 Å². The Morgan fingerprint density at radius 3 is 2.53 bits per heavy atom. The quantitative estimate of drug-likeness (QED) is 0.410. The topological polar surface area (TPSA) is 79.1 Å². The van der Waals surface area contributed by atoms with E-state index in [1.165, 1.54) is 11.3 Å². The number of aromatic nitrogens is 1. The summed E-state index contributed by atoms with van der Waals surface area (Å²) < 4.78 is 18.9. The van der Waals surface area contributed by atoms with E-state index in [1.54, 1.807) is 42.7 Å². The van der Waals surface area contributed by atoms with Crippen molar-refractivity contribution >= 4 is 35.0 Å². The zero-order valence-corrected chi connectivity index (χ0v) is 22.1. The Morgan fingerprint density at radius 2 is 1.83 bits per heavy atom. The largest absolute Gasteiger partial charge is 0.490 e. The van der Waals surface area contributed by atoms with Crippen LogP contribution in [0.2, 0.25) is 5.02 Å². The number of carbonyl (C=O) groups is 1. The predicted molar refractivity (Wildman–Crippen MR) is 141 cm³/mol. The third-order valence-electron chi connectivity index (χ3n) is 5.55. The third kappa shape index (κ3) is 5.10. The first-order valence-electron chi connectivity index (χ1n) is 11.7. The van der Waals surface area contributed by atoms with Gasteiger partial charge in [0, 0.05) is 5.02 Å². The van der Waals surface area contributed by atoms with Crippen molar-refractivity contribution in [2.45, 2.75) is 33.7 Å². The highest BCUT2D eigenvalue weighted by Crippen LogP contribution is 2.36. The van der Waals surface area contributed by atoms with Gasteiger partial charge in [0.25, 0.3) is 5.56 Å². The van der Waals surface area contributed by atoms with E-state index in [-0.39, 0.29) is 12.2 Å². The highest BCUT2D eigenvalue weighted by atomic mass is 35.5. The van der Waals surface area contributed by atoms with Gasteiger partial charge in [0.15, 0.2) is 16.3 Å². The van der Waals surface area contributed by atoms with E-state index in [9.17, 15) is 9.59 Å². The molecule has 4 rings (SSSR count). The molecule has 0 fully saturated rings. The highest BCUT2D eigenvalue weighted by Gasteiger charge is 2.34. The van der Waals surface area contributed by atoms with Crippen LogP contribution in [-0.4, -0.2) is 30.4 Å². The summed E-state index contributed by atoms with van der Waals surface area (Å²) >= 11 is 7.40. The molecule has 0 N–H and O–H groups in total. The summed E-state index contributed by atoms with van der Waals surface area (Å²) in [6.45, 7) is 8.40. The smallest absolute Gasteiger partial charge is 0.338 e. The maximum Gasteiger partial charge on any atom is 0.338 e. The molecule has 0 amide bonds. The lowest BCUT2D eigenvalue weighted by Gasteiger charge is -2.25. The number of hydrogen-bond donors (Lipinski definition) is 0. The number of ether oxygens (including phenoxy) is 3. The Bertz CT molecular complexity index is 1510. The molecular weight excluding hydrogens is 500 g/mol. The third-order valence-corrected chi connectivity index (χ3v) is 6.76. The van der Waals surface area contributed by atoms with Gasteiger partial charge in [-0.2, -0.15) is 0 Å². The van der Waals surface area contributed by atoms with Gasteiger partial charge in [-0.15, -0.1) is 0 Å². The van der Waals surface area contributed by atoms with Gasteiger partial charge in [0.05, 0.1) is 41.7 Å². The fourth-order valence-corrected chi connectivity index (χ4v) is 5.34. The Morgan fingerprint density at radius 1 is 1.08 bits per heavy atom. The molecule has 1 aliphatic heterocycles. The van der Waals surface area contributed by atoms with Crippen molar-refractivity contribution in [1.29, 1.82) is 0 Å². The summed E-state index contributed by atoms with van der Waals surface area (Å²) in [4.78, 5) is 31.9. The maximum absolute atomic E-state index is 13.7. The second-order valence-corrected chi connectivity index (χ2v) is 9.38. The van der Waals surface area contributed by atoms with E-state index in [4.69, 9.17) is 25.8 Å². The zero-order chi connectivity index (χ0) is 25.8. The number of benzene rings is 2. The van der Waals surface area contributed by atoms with Crippen molar-refractivity contribution in [1.82, 2.24) is 4.57 Å². The first kappa shape index (κ1) is 25.7. The predicted octanol–water partition coefficient (Wildman–Crippen LogP) is 4.25. The highest BCUT2D eigenvalue weighted by molar-refractivity contribution is 7.07. The van der Waals surface area contributed by atoms with Gasteiger partial charge >= 0.3 is 5.97 Å². The molecule has 0 saturated carbocycles. The van der Waals surface area contributed by atoms with Gasteiger partial charge in [-0.05, 0) is 69.2 Å². The lowest BCUT2D eigenvalue weighted by molar-refractivity contribution is -0.139. The molecule has 0 aliphatic carbocycles. The van der Waals surface area contributed by atoms with Crippen molar-refractivity contribution in [3.8, 4) is 11.5 Å². The average Bonchev–Trinajstić information content (AvgIpc) is 3.14. The van der Waals surface area contributed by atoms with Crippen LogP contribution in [0.25, 0.3) is 6.08 Å². The number of carbonyl (C=O) groups excluding carboxylic acids is 1. The van der Waals surface area contributed by atoms with Crippen molar-refractivity contribution in [3.05, 3.63) is 89.6 Å². The summed E-state index contributed by atoms with van der Waals surface area (Å²) in [5.41, 5.74) is 2.04. The standard InChI is InChI=1S/C27H27ClN2O5S/c1-5-33-20-12-11-18(15-21(20)34-6-2)24-23(26(32)35-7-3)16(4)29-27-30(24)25(31)22(36-27)14-17-9-8-10-19(28)13-17/h8-15,24H,5-7H2,1-4H3/b22-14-/t24-/m1/s1. The Kier molecular flexibility index (Phi) is 7.96. The molecule has 0 bridgehead atoms. The van der Waals surface area contributed by atoms with E-state index in [1.807, 2.05) is 38.1 Å². The van der Waals surface area contributed by atoms with Crippen LogP contribution < -0.4 is 24.4 Å². The second kappa shape index (κ2) is 11.1. The molecule has 0 spiro atoms. The van der Waals surface area contributed by atoms with E-state index in [0.717, 1.165) is 5.56 Å². The number of nitrogens with zero attached hydrogens (tertiary/aromatic N) is 2. The number of rotatable bonds is 8. The summed E-state index contributed by atoms with van der Waals surface area (Å²) in [5, 5.41) is 0.577. The average molecular weight is 527 g/mol. The first-order valence-corrected chi connectivity index (χ1v) is 12.9. The number of allylic oxidation sites excluding steroid dienone is 1. The molecule has 0 unspecified atom stereocenters. The fraction of sp³-hybridized carbons (Fsp3) is 0.296. The molecule has 2 heterocycles. The molecule has 9 heteroatoms. The molecular formula is C27H27ClN2O5S. The minimum atomic E-state index is -0.739. The lowest BCUT2D eigenvalue weighted by atomic mass is 9.95. The summed E-state index contributed by atoms with van der Waals surface area (Å²) in [5.74, 6) is 0.616. The van der Waals surface area contributed by atoms with E-state index in [0.29, 0.717) is 55.9 Å². The minimum absolute atomic E-state index is 0.203. The lowest BCUT2D eigenvalue weighted by Crippen LogP contribution is -2.40. The number of hydrogen-bond acceptors (Lipinski definition) is 7. The number of thiazole rings is 1. The maximum atomic E-state index is 13.7. The second-order valence-electron chi connectivity index (χ2n) is 7.93. The number of fused-ring (bicyclic) bond motifs is 1. The summed E-state index contributed by atoms with van der Waals surface area (Å²) in [6.07, 6.45) is 1.78. The van der Waals surface area contributed by atoms with E-state index < -0.39 is 12.0 Å². The minimum Gasteiger partial charge on any atom is -0.490 e. The SMILES string of the molecule is CCOC(=O)C1=C(C)N=c2s/c(=C\c3cccc(Cl)c3)c(=O)n2[C@@H]1c1ccc(OCC)c(OCC)c1. The monoisotopic (exact) mass is 526 g/mol. The molecule has 2 aromatic carbocycles. The van der Waals surface area contributed by atoms with E-state index >= 15 is 0 Å². The van der Waals surface area contributed by atoms with Gasteiger partial charge in [0.1, 0.15) is 0 Å². The van der Waals surface area contributed by atoms with Crippen molar-refractivity contribution in [3.63, 3.8) is 0 Å². The van der Waals surface area contributed by atoms with Gasteiger partial charge < -0.3 is 14.2 Å². The molecule has 0 saturated heterocycles. The van der Waals surface area contributed by atoms with Crippen LogP contribution in [-0.2, 0) is 9.53 Å². The van der Waals surface area contributed by atoms with Crippen LogP contribution in [0.5, 0.6) is 11.5 Å². The molecule has 188 valence electrons. The number of esters is 1. The molecule has 36 heavy (non-hydrogen) atoms. The van der Waals surface area contributed by atoms with Crippen molar-refractivity contribution < 1.29 is 19.0 Å².